The molecular formula is C3H3F5O2. The van der Waals surface area contributed by atoms with Crippen LogP contribution in [0, 0.1) is 0 Å². The van der Waals surface area contributed by atoms with Crippen molar-refractivity contribution in [2.75, 3.05) is 0 Å². The fourth-order valence-electron chi connectivity index (χ4n) is 0.124. The van der Waals surface area contributed by atoms with Crippen LogP contribution < -0.4 is 0 Å². The van der Waals surface area contributed by atoms with E-state index in [1.54, 1.807) is 0 Å². The highest BCUT2D eigenvalue weighted by Gasteiger charge is 2.59. The number of hydrogen-bond donors (Lipinski definition) is 2. The minimum atomic E-state index is -5.72. The predicted molar refractivity (Wildman–Crippen MR) is 19.2 cm³/mol. The summed E-state index contributed by atoms with van der Waals surface area (Å²) in [6.07, 6.45) is -9.98. The van der Waals surface area contributed by atoms with Crippen molar-refractivity contribution in [3.63, 3.8) is 0 Å². The van der Waals surface area contributed by atoms with E-state index in [1.807, 2.05) is 0 Å². The van der Waals surface area contributed by atoms with E-state index in [1.165, 1.54) is 0 Å². The Kier molecular flexibility index (Phi) is 2.21. The third-order valence-electron chi connectivity index (χ3n) is 0.721. The number of alkyl halides is 5. The Hall–Kier alpha value is -0.430. The molecule has 62 valence electrons. The molecule has 0 aliphatic rings. The van der Waals surface area contributed by atoms with Gasteiger partial charge in [0.25, 0.3) is 0 Å². The zero-order valence-corrected chi connectivity index (χ0v) is 4.36. The van der Waals surface area contributed by atoms with Gasteiger partial charge >= 0.3 is 18.4 Å². The van der Waals surface area contributed by atoms with Crippen LogP contribution in [0.3, 0.4) is 0 Å². The van der Waals surface area contributed by atoms with Gasteiger partial charge < -0.3 is 10.2 Å². The second kappa shape index (κ2) is 2.31. The largest absolute Gasteiger partial charge is 0.449 e. The summed E-state index contributed by atoms with van der Waals surface area (Å²) in [6.45, 7) is 0. The van der Waals surface area contributed by atoms with Crippen LogP contribution >= 0.6 is 0 Å². The smallest absolute Gasteiger partial charge is 0.354 e. The Morgan fingerprint density at radius 2 is 1.30 bits per heavy atom. The van der Waals surface area contributed by atoms with Crippen LogP contribution in [0.4, 0.5) is 22.0 Å². The first-order valence-corrected chi connectivity index (χ1v) is 1.99. The van der Waals surface area contributed by atoms with Crippen LogP contribution in [0.25, 0.3) is 0 Å². The minimum Gasteiger partial charge on any atom is -0.354 e. The average molecular weight is 166 g/mol. The maximum Gasteiger partial charge on any atom is 0.449 e. The van der Waals surface area contributed by atoms with Gasteiger partial charge in [0, 0.05) is 0 Å². The summed E-state index contributed by atoms with van der Waals surface area (Å²) in [4.78, 5) is 0. The summed E-state index contributed by atoms with van der Waals surface area (Å²) in [6, 6.07) is 0. The summed E-state index contributed by atoms with van der Waals surface area (Å²) >= 11 is 0. The number of rotatable bonds is 1. The number of halogens is 5. The Labute approximate surface area is 51.9 Å². The topological polar surface area (TPSA) is 40.5 Å². The second-order valence-electron chi connectivity index (χ2n) is 1.52. The van der Waals surface area contributed by atoms with Crippen LogP contribution in [0.5, 0.6) is 0 Å². The summed E-state index contributed by atoms with van der Waals surface area (Å²) < 4.78 is 55.5. The van der Waals surface area contributed by atoms with Crippen LogP contribution in [-0.2, 0) is 0 Å². The van der Waals surface area contributed by atoms with Gasteiger partial charge in [-0.05, 0) is 0 Å². The Bertz CT molecular complexity index is 117. The number of aliphatic hydroxyl groups is 2. The van der Waals surface area contributed by atoms with Crippen molar-refractivity contribution < 1.29 is 32.2 Å². The van der Waals surface area contributed by atoms with Crippen LogP contribution in [0.2, 0.25) is 0 Å². The van der Waals surface area contributed by atoms with Crippen LogP contribution in [-0.4, -0.2) is 28.6 Å². The highest BCUT2D eigenvalue weighted by Crippen LogP contribution is 2.32. The van der Waals surface area contributed by atoms with Gasteiger partial charge in [-0.25, -0.2) is 8.78 Å². The van der Waals surface area contributed by atoms with Crippen molar-refractivity contribution in [1.82, 2.24) is 0 Å². The Balaban J connectivity index is 4.40. The van der Waals surface area contributed by atoms with Crippen LogP contribution in [0.1, 0.15) is 0 Å². The molecule has 0 spiro atoms. The van der Waals surface area contributed by atoms with E-state index in [9.17, 15) is 22.0 Å². The monoisotopic (exact) mass is 166 g/mol. The molecule has 0 rings (SSSR count). The van der Waals surface area contributed by atoms with E-state index in [-0.39, 0.29) is 0 Å². The first-order chi connectivity index (χ1) is 4.19. The fraction of sp³-hybridized carbons (Fsp3) is 1.00. The zero-order valence-electron chi connectivity index (χ0n) is 4.36. The van der Waals surface area contributed by atoms with Gasteiger partial charge in [0.05, 0.1) is 0 Å². The molecular weight excluding hydrogens is 163 g/mol. The standard InChI is InChI=1S/C3H3F5O2/c4-1(5)2(9,10)3(6,7)8/h1,9-10H. The third kappa shape index (κ3) is 1.54. The third-order valence-corrected chi connectivity index (χ3v) is 0.721. The van der Waals surface area contributed by atoms with Crippen LogP contribution in [0.15, 0.2) is 0 Å². The summed E-state index contributed by atoms with van der Waals surface area (Å²) in [5.74, 6) is -4.90. The molecule has 7 heteroatoms. The molecule has 0 aromatic carbocycles. The zero-order chi connectivity index (χ0) is 8.58. The molecule has 0 saturated carbocycles. The quantitative estimate of drug-likeness (QED) is 0.439. The lowest BCUT2D eigenvalue weighted by Gasteiger charge is -2.22. The van der Waals surface area contributed by atoms with E-state index in [2.05, 4.69) is 0 Å². The van der Waals surface area contributed by atoms with Gasteiger partial charge in [-0.1, -0.05) is 0 Å². The van der Waals surface area contributed by atoms with Crippen molar-refractivity contribution in [3.8, 4) is 0 Å². The molecule has 0 aromatic rings. The molecule has 0 aliphatic heterocycles. The molecule has 2 nitrogen and oxygen atoms in total. The van der Waals surface area contributed by atoms with Crippen molar-refractivity contribution in [1.29, 1.82) is 0 Å². The van der Waals surface area contributed by atoms with Crippen molar-refractivity contribution in [2.24, 2.45) is 0 Å². The molecule has 0 amide bonds. The van der Waals surface area contributed by atoms with Crippen molar-refractivity contribution in [3.05, 3.63) is 0 Å². The average Bonchev–Trinajstić information content (AvgIpc) is 1.62. The number of hydrogen-bond acceptors (Lipinski definition) is 2. The molecule has 0 fully saturated rings. The van der Waals surface area contributed by atoms with Crippen molar-refractivity contribution >= 4 is 0 Å². The SMILES string of the molecule is OC(O)(C(F)F)C(F)(F)F. The normalized spacial score (nSPS) is 14.4. The molecule has 0 bridgehead atoms. The van der Waals surface area contributed by atoms with Gasteiger partial charge in [0.15, 0.2) is 0 Å². The van der Waals surface area contributed by atoms with Gasteiger partial charge in [-0.3, -0.25) is 0 Å². The molecule has 0 atom stereocenters. The van der Waals surface area contributed by atoms with Crippen molar-refractivity contribution in [2.45, 2.75) is 18.4 Å². The molecule has 0 heterocycles. The van der Waals surface area contributed by atoms with E-state index >= 15 is 0 Å². The lowest BCUT2D eigenvalue weighted by molar-refractivity contribution is -0.385. The molecule has 0 saturated heterocycles. The first kappa shape index (κ1) is 9.57. The molecule has 10 heavy (non-hydrogen) atoms. The highest BCUT2D eigenvalue weighted by atomic mass is 19.4. The molecule has 0 unspecified atom stereocenters. The molecule has 2 N–H and O–H groups in total. The fourth-order valence-corrected chi connectivity index (χ4v) is 0.124. The van der Waals surface area contributed by atoms with E-state index in [0.717, 1.165) is 0 Å². The van der Waals surface area contributed by atoms with Gasteiger partial charge in [-0.15, -0.1) is 0 Å². The molecule has 0 radical (unpaired) electrons. The Morgan fingerprint density at radius 3 is 1.30 bits per heavy atom. The van der Waals surface area contributed by atoms with E-state index < -0.39 is 18.4 Å². The highest BCUT2D eigenvalue weighted by molar-refractivity contribution is 4.76. The van der Waals surface area contributed by atoms with E-state index in [4.69, 9.17) is 10.2 Å². The van der Waals surface area contributed by atoms with E-state index in [0.29, 0.717) is 0 Å². The second-order valence-corrected chi connectivity index (χ2v) is 1.52. The minimum absolute atomic E-state index is 4.26. The van der Waals surface area contributed by atoms with Gasteiger partial charge in [-0.2, -0.15) is 13.2 Å². The predicted octanol–water partition coefficient (Wildman–Crippen LogP) is 0.495. The molecule has 0 aliphatic carbocycles. The Morgan fingerprint density at radius 1 is 1.00 bits per heavy atom. The summed E-state index contributed by atoms with van der Waals surface area (Å²) in [5.41, 5.74) is 0. The van der Waals surface area contributed by atoms with Gasteiger partial charge in [0.2, 0.25) is 0 Å². The maximum absolute atomic E-state index is 11.1. The maximum atomic E-state index is 11.1. The first-order valence-electron chi connectivity index (χ1n) is 1.99. The molecule has 0 aromatic heterocycles. The lowest BCUT2D eigenvalue weighted by atomic mass is 10.3. The lowest BCUT2D eigenvalue weighted by Crippen LogP contribution is -2.51. The van der Waals surface area contributed by atoms with Gasteiger partial charge in [0.1, 0.15) is 0 Å². The summed E-state index contributed by atoms with van der Waals surface area (Å²) in [5, 5.41) is 15.2. The summed E-state index contributed by atoms with van der Waals surface area (Å²) in [7, 11) is 0.